The molecule has 16 rings (SSSR count). The van der Waals surface area contributed by atoms with Gasteiger partial charge in [0.05, 0.1) is 62.5 Å². The average molecular weight is 1550 g/mol. The summed E-state index contributed by atoms with van der Waals surface area (Å²) in [4.78, 5) is 16.9. The molecule has 0 saturated carbocycles. The van der Waals surface area contributed by atoms with Gasteiger partial charge in [0.25, 0.3) is 0 Å². The number of benzene rings is 16. The van der Waals surface area contributed by atoms with Crippen molar-refractivity contribution in [2.24, 2.45) is 0 Å². The zero-order chi connectivity index (χ0) is 80.5. The van der Waals surface area contributed by atoms with Gasteiger partial charge < -0.3 is 10.2 Å². The lowest BCUT2D eigenvalue weighted by molar-refractivity contribution is 0.137. The number of nitrogens with one attached hydrogen (secondary N) is 4. The maximum Gasteiger partial charge on any atom is 1.00 e. The second-order valence-electron chi connectivity index (χ2n) is 27.4. The van der Waals surface area contributed by atoms with Crippen LogP contribution >= 0.6 is 7.87 Å². The first-order chi connectivity index (χ1) is 57.6. The highest BCUT2D eigenvalue weighted by molar-refractivity contribution is 7.79. The molecule has 0 spiro atoms. The summed E-state index contributed by atoms with van der Waals surface area (Å²) < 4.78 is -3.13. The van der Waals surface area contributed by atoms with Crippen molar-refractivity contribution >= 4 is 129 Å². The number of quaternary nitrogens is 4. The van der Waals surface area contributed by atoms with E-state index in [9.17, 15) is 21.6 Å². The van der Waals surface area contributed by atoms with E-state index in [1.54, 1.807) is 0 Å². The van der Waals surface area contributed by atoms with Crippen LogP contribution in [0.3, 0.4) is 0 Å². The summed E-state index contributed by atoms with van der Waals surface area (Å²) >= 11 is 0. The molecular weight excluding hydrogens is 1460 g/mol. The van der Waals surface area contributed by atoms with Crippen LogP contribution in [0.25, 0.3) is 0 Å². The molecule has 0 atom stereocenters. The molecule has 0 aliphatic heterocycles. The number of hydrogen-bond acceptors (Lipinski definition) is 5. The molecule has 6 N–H and O–H groups in total. The smallest absolute Gasteiger partial charge is 0.450 e. The lowest BCUT2D eigenvalue weighted by Crippen LogP contribution is -2.83. The third kappa shape index (κ3) is 13.7. The van der Waals surface area contributed by atoms with Crippen molar-refractivity contribution < 1.29 is 16.4 Å². The molecule has 16 heteroatoms. The van der Waals surface area contributed by atoms with Gasteiger partial charge in [-0.05, 0) is 97.1 Å². The molecule has 0 fully saturated rings. The summed E-state index contributed by atoms with van der Waals surface area (Å²) in [5.74, 6) is -0.213. The summed E-state index contributed by atoms with van der Waals surface area (Å²) in [6, 6.07) is 165. The highest BCUT2D eigenvalue weighted by Crippen LogP contribution is 2.94. The average Bonchev–Trinajstić information content (AvgIpc) is 0.617. The Morgan fingerprint density at radius 2 is 0.274 bits per heavy atom. The van der Waals surface area contributed by atoms with Crippen LogP contribution in [0.1, 0.15) is 1.43 Å². The molecule has 568 valence electrons. The lowest BCUT2D eigenvalue weighted by atomic mass is 10.2. The Hall–Kier alpha value is -15.1. The van der Waals surface area contributed by atoms with Gasteiger partial charge in [0.2, 0.25) is 0 Å². The van der Waals surface area contributed by atoms with Crippen molar-refractivity contribution in [1.29, 1.82) is 21.6 Å². The minimum absolute atomic E-state index is 0. The van der Waals surface area contributed by atoms with E-state index in [2.05, 4.69) is 311 Å². The molecule has 16 aromatic carbocycles. The standard InChI is InChI=1S/C100H84N12P.CH2O3/c101-97(105(81-49-17-1-18-50-81)82-51-19-2-20-52-82)109(89-65-33-9-34-66-89,90-67-35-10-36-68-90)113(110(91-69-37-11-38-70-91,92-71-39-12-40-72-92)98(102)106(83-53-21-3-22-54-83)84-55-23-4-24-56-84,111(93-73-41-13-42-74-93,94-75-43-14-44-76-94)99(103)107(85-57-25-5-26-58-85)86-59-27-6-28-60-86)112(95-77-45-15-46-78-95,96-79-47-16-48-80-96)100(104)108(87-61-29-7-30-62-87)88-63-31-8-32-64-88;2-1(3)4/h1-80,101-104H;(H2,2,3,4)/q+5;/p+1. The Labute approximate surface area is 684 Å². The fraction of sp³-hybridized carbons (Fsp3) is 0. The molecule has 0 aromatic heterocycles. The van der Waals surface area contributed by atoms with Crippen LogP contribution in [-0.4, -0.2) is 40.2 Å². The molecule has 0 amide bonds. The highest BCUT2D eigenvalue weighted by atomic mass is 31.2. The number of hydrogen-bond donors (Lipinski definition) is 6. The topological polar surface area (TPSA) is 166 Å². The number of anilines is 8. The number of nitrogens with zero attached hydrogens (tertiary/aromatic N) is 8. The predicted molar refractivity (Wildman–Crippen MR) is 487 cm³/mol. The van der Waals surface area contributed by atoms with Crippen molar-refractivity contribution in [2.45, 2.75) is 0 Å². The van der Waals surface area contributed by atoms with Gasteiger partial charge in [-0.2, -0.15) is 0 Å². The van der Waals surface area contributed by atoms with Crippen molar-refractivity contribution in [3.05, 3.63) is 485 Å². The molecule has 0 radical (unpaired) electrons. The zero-order valence-corrected chi connectivity index (χ0v) is 64.9. The van der Waals surface area contributed by atoms with Gasteiger partial charge in [0.1, 0.15) is 0 Å². The van der Waals surface area contributed by atoms with E-state index >= 15 is 0 Å². The van der Waals surface area contributed by atoms with Gasteiger partial charge in [0, 0.05) is 97.1 Å². The summed E-state index contributed by atoms with van der Waals surface area (Å²) in [6.07, 6.45) is -1.83. The molecule has 15 nitrogen and oxygen atoms in total. The molecule has 0 heterocycles. The van der Waals surface area contributed by atoms with Crippen LogP contribution in [0.5, 0.6) is 0 Å². The van der Waals surface area contributed by atoms with E-state index in [0.717, 1.165) is 0 Å². The second kappa shape index (κ2) is 34.9. The van der Waals surface area contributed by atoms with Crippen LogP contribution in [0.4, 0.5) is 95.8 Å². The number of carbonyl (C=O) groups is 1. The molecule has 0 bridgehead atoms. The third-order valence-electron chi connectivity index (χ3n) is 20.8. The van der Waals surface area contributed by atoms with Gasteiger partial charge in [-0.15, -0.1) is 0 Å². The van der Waals surface area contributed by atoms with Gasteiger partial charge in [-0.3, -0.25) is 0 Å². The Morgan fingerprint density at radius 3 is 0.368 bits per heavy atom. The fourth-order valence-electron chi connectivity index (χ4n) is 16.4. The number of carboxylic acid groups (broad SMARTS) is 2. The molecule has 0 unspecified atom stereocenters. The fourth-order valence-corrected chi connectivity index (χ4v) is 23.8. The maximum atomic E-state index is 13.7. The normalized spacial score (nSPS) is 11.9. The second-order valence-corrected chi connectivity index (χ2v) is 30.8. The molecule has 0 aliphatic rings. The third-order valence-corrected chi connectivity index (χ3v) is 26.7. The van der Waals surface area contributed by atoms with Crippen molar-refractivity contribution in [3.63, 3.8) is 0 Å². The summed E-state index contributed by atoms with van der Waals surface area (Å²) in [6.45, 7) is 0. The Bertz CT molecular complexity index is 4900. The van der Waals surface area contributed by atoms with Gasteiger partial charge in [-0.1, -0.05) is 291 Å². The first-order valence-electron chi connectivity index (χ1n) is 38.4. The van der Waals surface area contributed by atoms with Crippen molar-refractivity contribution in [1.82, 2.24) is 17.0 Å². The van der Waals surface area contributed by atoms with Crippen LogP contribution in [0, 0.1) is 21.6 Å². The van der Waals surface area contributed by atoms with Crippen molar-refractivity contribution in [3.8, 4) is 0 Å². The van der Waals surface area contributed by atoms with Crippen LogP contribution in [-0.2, 0) is 0 Å². The maximum absolute atomic E-state index is 13.7. The zero-order valence-electron chi connectivity index (χ0n) is 65.0. The summed E-state index contributed by atoms with van der Waals surface area (Å²) in [5.41, 5.74) is 9.28. The highest BCUT2D eigenvalue weighted by Gasteiger charge is 3.09. The lowest BCUT2D eigenvalue weighted by Gasteiger charge is -2.57. The minimum atomic E-state index is -5.95. The van der Waals surface area contributed by atoms with Gasteiger partial charge in [-0.25, -0.2) is 46.0 Å². The van der Waals surface area contributed by atoms with Crippen molar-refractivity contribution in [2.75, 3.05) is 19.6 Å². The molecule has 0 aliphatic carbocycles. The molecule has 117 heavy (non-hydrogen) atoms. The first kappa shape index (κ1) is 77.3. The monoisotopic (exact) mass is 1550 g/mol. The van der Waals surface area contributed by atoms with E-state index in [-0.39, 0.29) is 25.3 Å². The van der Waals surface area contributed by atoms with E-state index in [4.69, 9.17) is 15.0 Å². The number of para-hydroxylation sites is 16. The van der Waals surface area contributed by atoms with E-state index in [0.29, 0.717) is 91.0 Å². The number of guanidine groups is 4. The Balaban J connectivity index is 0.00000224. The van der Waals surface area contributed by atoms with Crippen LogP contribution in [0.15, 0.2) is 485 Å². The van der Waals surface area contributed by atoms with E-state index in [1.165, 1.54) is 0 Å². The van der Waals surface area contributed by atoms with E-state index < -0.39 is 31.0 Å². The Morgan fingerprint density at radius 1 is 0.188 bits per heavy atom. The van der Waals surface area contributed by atoms with Crippen LogP contribution < -0.4 is 36.6 Å². The van der Waals surface area contributed by atoms with Gasteiger partial charge in [0.15, 0.2) is 45.5 Å². The summed E-state index contributed by atoms with van der Waals surface area (Å²) in [7, 11) is -5.95. The SMILES string of the molecule is N=C(N(c1ccccc1)c1ccccc1)[N+](c1ccccc1)(c1ccccc1)[P+]([N+](C(=N)N(c1ccccc1)c1ccccc1)(c1ccccc1)c1ccccc1)([N+](C(=N)N(c1ccccc1)c1ccccc1)(c1ccccc1)c1ccccc1)[N+](C(=N)N(c1ccccc1)c1ccccc1)(c1ccccc1)c1ccccc1.O=C(O)O.[H+]. The number of rotatable bonds is 20. The quantitative estimate of drug-likeness (QED) is 0.0251. The first-order valence-corrected chi connectivity index (χ1v) is 40.0. The Kier molecular flexibility index (Phi) is 23.1. The van der Waals surface area contributed by atoms with Gasteiger partial charge >= 0.3 is 39.3 Å². The largest absolute Gasteiger partial charge is 1.00 e. The molecular formula is C101H87N12O3P+6. The van der Waals surface area contributed by atoms with Crippen LogP contribution in [0.2, 0.25) is 0 Å². The summed E-state index contributed by atoms with van der Waals surface area (Å²) in [5, 5.41) is 68.9. The minimum Gasteiger partial charge on any atom is -0.450 e. The predicted octanol–water partition coefficient (Wildman–Crippen LogP) is 27.4. The van der Waals surface area contributed by atoms with E-state index in [1.807, 2.05) is 194 Å². The molecule has 16 aromatic rings. The molecule has 0 saturated heterocycles.